The molecule has 0 atom stereocenters. The number of ether oxygens (including phenoxy) is 3. The number of carbonyl (C=O) groups is 1. The van der Waals surface area contributed by atoms with E-state index < -0.39 is 10.0 Å². The van der Waals surface area contributed by atoms with E-state index in [-0.39, 0.29) is 23.8 Å². The predicted molar refractivity (Wildman–Crippen MR) is 117 cm³/mol. The first kappa shape index (κ1) is 22.9. The minimum atomic E-state index is -3.61. The Labute approximate surface area is 183 Å². The van der Waals surface area contributed by atoms with Crippen LogP contribution in [0.25, 0.3) is 0 Å². The molecule has 1 heterocycles. The zero-order valence-electron chi connectivity index (χ0n) is 17.8. The lowest BCUT2D eigenvalue weighted by Crippen LogP contribution is -2.35. The molecule has 2 aromatic carbocycles. The molecular formula is C22H28N2O6S. The number of nitrogens with zero attached hydrogens (tertiary/aromatic N) is 1. The van der Waals surface area contributed by atoms with Gasteiger partial charge < -0.3 is 19.5 Å². The zero-order chi connectivity index (χ0) is 22.3. The van der Waals surface area contributed by atoms with Crippen molar-refractivity contribution in [3.63, 3.8) is 0 Å². The van der Waals surface area contributed by atoms with Crippen LogP contribution in [0.4, 0.5) is 5.69 Å². The first-order chi connectivity index (χ1) is 14.9. The van der Waals surface area contributed by atoms with E-state index in [4.69, 9.17) is 14.2 Å². The first-order valence-electron chi connectivity index (χ1n) is 10.2. The standard InChI is InChI=1S/C22H28N2O6S/c1-28-17-6-8-18(9-7-17)30-15-12-22(25)23-20-16-19(10-11-21(20)29-2)31(26,27)24-13-4-3-5-14-24/h6-11,16H,3-5,12-15H2,1-2H3,(H,23,25). The Bertz CT molecular complexity index is 986. The summed E-state index contributed by atoms with van der Waals surface area (Å²) in [7, 11) is -0.559. The van der Waals surface area contributed by atoms with Crippen LogP contribution in [0.3, 0.4) is 0 Å². The van der Waals surface area contributed by atoms with E-state index in [9.17, 15) is 13.2 Å². The van der Waals surface area contributed by atoms with Gasteiger partial charge in [-0.2, -0.15) is 4.31 Å². The molecule has 1 fully saturated rings. The molecule has 2 aromatic rings. The molecule has 9 heteroatoms. The summed E-state index contributed by atoms with van der Waals surface area (Å²) >= 11 is 0. The van der Waals surface area contributed by atoms with Crippen LogP contribution in [-0.2, 0) is 14.8 Å². The van der Waals surface area contributed by atoms with E-state index in [1.54, 1.807) is 37.4 Å². The number of anilines is 1. The molecule has 1 aliphatic rings. The van der Waals surface area contributed by atoms with Crippen LogP contribution < -0.4 is 19.5 Å². The summed E-state index contributed by atoms with van der Waals surface area (Å²) in [6.45, 7) is 1.20. The Morgan fingerprint density at radius 3 is 2.29 bits per heavy atom. The van der Waals surface area contributed by atoms with Gasteiger partial charge in [0.25, 0.3) is 0 Å². The van der Waals surface area contributed by atoms with Gasteiger partial charge in [0, 0.05) is 13.1 Å². The van der Waals surface area contributed by atoms with Crippen LogP contribution in [0.1, 0.15) is 25.7 Å². The van der Waals surface area contributed by atoms with Crippen molar-refractivity contribution in [1.82, 2.24) is 4.31 Å². The van der Waals surface area contributed by atoms with Gasteiger partial charge in [-0.15, -0.1) is 0 Å². The number of hydrogen-bond donors (Lipinski definition) is 1. The Morgan fingerprint density at radius 1 is 0.968 bits per heavy atom. The van der Waals surface area contributed by atoms with Crippen LogP contribution in [0.15, 0.2) is 47.4 Å². The number of amides is 1. The molecule has 31 heavy (non-hydrogen) atoms. The number of piperidine rings is 1. The van der Waals surface area contributed by atoms with E-state index in [1.807, 2.05) is 0 Å². The average molecular weight is 449 g/mol. The maximum atomic E-state index is 12.9. The lowest BCUT2D eigenvalue weighted by molar-refractivity contribution is -0.116. The van der Waals surface area contributed by atoms with Crippen LogP contribution in [0.5, 0.6) is 17.2 Å². The van der Waals surface area contributed by atoms with Crippen LogP contribution in [-0.4, -0.2) is 52.5 Å². The fourth-order valence-electron chi connectivity index (χ4n) is 3.35. The van der Waals surface area contributed by atoms with Crippen molar-refractivity contribution in [3.8, 4) is 17.2 Å². The molecule has 0 aromatic heterocycles. The second kappa shape index (κ2) is 10.5. The van der Waals surface area contributed by atoms with Crippen molar-refractivity contribution >= 4 is 21.6 Å². The molecule has 0 spiro atoms. The van der Waals surface area contributed by atoms with Crippen molar-refractivity contribution in [2.24, 2.45) is 0 Å². The summed E-state index contributed by atoms with van der Waals surface area (Å²) in [5.41, 5.74) is 0.315. The summed E-state index contributed by atoms with van der Waals surface area (Å²) < 4.78 is 43.3. The zero-order valence-corrected chi connectivity index (χ0v) is 18.6. The first-order valence-corrected chi connectivity index (χ1v) is 11.6. The molecule has 0 unspecified atom stereocenters. The monoisotopic (exact) mass is 448 g/mol. The minimum absolute atomic E-state index is 0.0955. The van der Waals surface area contributed by atoms with Crippen LogP contribution in [0.2, 0.25) is 0 Å². The van der Waals surface area contributed by atoms with E-state index >= 15 is 0 Å². The van der Waals surface area contributed by atoms with E-state index in [0.29, 0.717) is 30.3 Å². The minimum Gasteiger partial charge on any atom is -0.497 e. The third kappa shape index (κ3) is 5.89. The number of benzene rings is 2. The molecule has 168 valence electrons. The molecule has 1 amide bonds. The molecule has 0 aliphatic carbocycles. The molecule has 1 N–H and O–H groups in total. The summed E-state index contributed by atoms with van der Waals surface area (Å²) in [6.07, 6.45) is 2.84. The Hall–Kier alpha value is -2.78. The highest BCUT2D eigenvalue weighted by Gasteiger charge is 2.27. The molecule has 0 bridgehead atoms. The lowest BCUT2D eigenvalue weighted by Gasteiger charge is -2.26. The molecule has 0 radical (unpaired) electrons. The maximum Gasteiger partial charge on any atom is 0.243 e. The third-order valence-electron chi connectivity index (χ3n) is 5.06. The number of hydrogen-bond acceptors (Lipinski definition) is 6. The topological polar surface area (TPSA) is 94.2 Å². The van der Waals surface area contributed by atoms with E-state index in [1.165, 1.54) is 23.5 Å². The Balaban J connectivity index is 1.63. The molecular weight excluding hydrogens is 420 g/mol. The summed E-state index contributed by atoms with van der Waals surface area (Å²) in [6, 6.07) is 11.6. The fourth-order valence-corrected chi connectivity index (χ4v) is 4.89. The summed E-state index contributed by atoms with van der Waals surface area (Å²) in [4.78, 5) is 12.5. The van der Waals surface area contributed by atoms with E-state index in [2.05, 4.69) is 5.32 Å². The summed E-state index contributed by atoms with van der Waals surface area (Å²) in [5, 5.41) is 2.73. The van der Waals surface area contributed by atoms with Crippen molar-refractivity contribution < 1.29 is 27.4 Å². The van der Waals surface area contributed by atoms with Crippen molar-refractivity contribution in [1.29, 1.82) is 0 Å². The van der Waals surface area contributed by atoms with Crippen molar-refractivity contribution in [2.45, 2.75) is 30.6 Å². The normalized spacial score (nSPS) is 14.6. The maximum absolute atomic E-state index is 12.9. The highest BCUT2D eigenvalue weighted by molar-refractivity contribution is 7.89. The quantitative estimate of drug-likeness (QED) is 0.633. The van der Waals surface area contributed by atoms with Gasteiger partial charge in [-0.25, -0.2) is 8.42 Å². The molecule has 3 rings (SSSR count). The predicted octanol–water partition coefficient (Wildman–Crippen LogP) is 3.29. The number of nitrogens with one attached hydrogen (secondary N) is 1. The smallest absolute Gasteiger partial charge is 0.243 e. The second-order valence-corrected chi connectivity index (χ2v) is 9.09. The van der Waals surface area contributed by atoms with Gasteiger partial charge in [0.05, 0.1) is 37.8 Å². The molecule has 1 aliphatic heterocycles. The van der Waals surface area contributed by atoms with Crippen LogP contribution in [0, 0.1) is 0 Å². The fraction of sp³-hybridized carbons (Fsp3) is 0.409. The SMILES string of the molecule is COc1ccc(OCCC(=O)Nc2cc(S(=O)(=O)N3CCCCC3)ccc2OC)cc1. The summed E-state index contributed by atoms with van der Waals surface area (Å²) in [5.74, 6) is 1.43. The van der Waals surface area contributed by atoms with Gasteiger partial charge in [0.1, 0.15) is 17.2 Å². The number of carbonyl (C=O) groups excluding carboxylic acids is 1. The largest absolute Gasteiger partial charge is 0.497 e. The molecule has 1 saturated heterocycles. The lowest BCUT2D eigenvalue weighted by atomic mass is 10.2. The van der Waals surface area contributed by atoms with Gasteiger partial charge in [-0.3, -0.25) is 4.79 Å². The van der Waals surface area contributed by atoms with Gasteiger partial charge in [-0.1, -0.05) is 6.42 Å². The van der Waals surface area contributed by atoms with Gasteiger partial charge in [0.2, 0.25) is 15.9 Å². The van der Waals surface area contributed by atoms with Gasteiger partial charge >= 0.3 is 0 Å². The van der Waals surface area contributed by atoms with E-state index in [0.717, 1.165) is 25.0 Å². The Morgan fingerprint density at radius 2 is 1.65 bits per heavy atom. The average Bonchev–Trinajstić information content (AvgIpc) is 2.80. The highest BCUT2D eigenvalue weighted by Crippen LogP contribution is 2.30. The number of sulfonamides is 1. The van der Waals surface area contributed by atoms with Gasteiger partial charge in [0.15, 0.2) is 0 Å². The Kier molecular flexibility index (Phi) is 7.75. The van der Waals surface area contributed by atoms with Gasteiger partial charge in [-0.05, 0) is 55.3 Å². The number of methoxy groups -OCH3 is 2. The number of rotatable bonds is 9. The molecule has 0 saturated carbocycles. The second-order valence-electron chi connectivity index (χ2n) is 7.15. The highest BCUT2D eigenvalue weighted by atomic mass is 32.2. The molecule has 8 nitrogen and oxygen atoms in total. The van der Waals surface area contributed by atoms with Crippen molar-refractivity contribution in [2.75, 3.05) is 39.2 Å². The third-order valence-corrected chi connectivity index (χ3v) is 6.95. The van der Waals surface area contributed by atoms with Crippen molar-refractivity contribution in [3.05, 3.63) is 42.5 Å². The van der Waals surface area contributed by atoms with Crippen LogP contribution >= 0.6 is 0 Å².